The third-order valence-corrected chi connectivity index (χ3v) is 3.34. The fraction of sp³-hybridized carbons (Fsp3) is 0.375. The van der Waals surface area contributed by atoms with E-state index >= 15 is 0 Å². The Morgan fingerprint density at radius 3 is 2.83 bits per heavy atom. The van der Waals surface area contributed by atoms with Gasteiger partial charge in [-0.2, -0.15) is 18.4 Å². The molecule has 122 valence electrons. The molecule has 1 aromatic rings. The third-order valence-electron chi connectivity index (χ3n) is 3.34. The molecule has 0 saturated carbocycles. The molecule has 7 heteroatoms. The van der Waals surface area contributed by atoms with E-state index in [1.54, 1.807) is 6.07 Å². The van der Waals surface area contributed by atoms with E-state index in [0.29, 0.717) is 12.1 Å². The highest BCUT2D eigenvalue weighted by atomic mass is 19.4. The zero-order chi connectivity index (χ0) is 16.9. The van der Waals surface area contributed by atoms with Gasteiger partial charge in [0.05, 0.1) is 5.56 Å². The number of rotatable bonds is 5. The molecule has 1 atom stereocenters. The number of nitriles is 1. The largest absolute Gasteiger partial charge is 0.483 e. The Balaban J connectivity index is 1.99. The van der Waals surface area contributed by atoms with Gasteiger partial charge in [0.1, 0.15) is 11.8 Å². The first-order chi connectivity index (χ1) is 10.9. The maximum Gasteiger partial charge on any atom is 0.422 e. The summed E-state index contributed by atoms with van der Waals surface area (Å²) in [6, 6.07) is 5.72. The van der Waals surface area contributed by atoms with Crippen LogP contribution in [0.15, 0.2) is 30.4 Å². The molecule has 1 aliphatic carbocycles. The van der Waals surface area contributed by atoms with Gasteiger partial charge in [-0.15, -0.1) is 0 Å². The predicted molar refractivity (Wildman–Crippen MR) is 77.8 cm³/mol. The van der Waals surface area contributed by atoms with Crippen LogP contribution in [-0.2, 0) is 4.79 Å². The number of nitrogens with one attached hydrogen (secondary N) is 1. The molecule has 1 amide bonds. The van der Waals surface area contributed by atoms with E-state index in [0.717, 1.165) is 12.8 Å². The van der Waals surface area contributed by atoms with Crippen LogP contribution in [0.5, 0.6) is 5.75 Å². The average Bonchev–Trinajstić information content (AvgIpc) is 2.97. The highest BCUT2D eigenvalue weighted by Crippen LogP contribution is 2.26. The Labute approximate surface area is 131 Å². The molecule has 0 heterocycles. The summed E-state index contributed by atoms with van der Waals surface area (Å²) in [7, 11) is 0. The number of ether oxygens (including phenoxy) is 1. The Hall–Kier alpha value is -2.49. The van der Waals surface area contributed by atoms with Crippen LogP contribution in [0.2, 0.25) is 0 Å². The van der Waals surface area contributed by atoms with Crippen molar-refractivity contribution in [3.05, 3.63) is 35.9 Å². The Bertz CT molecular complexity index is 648. The molecule has 4 nitrogen and oxygen atoms in total. The van der Waals surface area contributed by atoms with E-state index in [1.165, 1.54) is 18.2 Å². The number of halogens is 3. The van der Waals surface area contributed by atoms with Gasteiger partial charge in [-0.1, -0.05) is 12.2 Å². The van der Waals surface area contributed by atoms with Crippen molar-refractivity contribution in [3.63, 3.8) is 0 Å². The van der Waals surface area contributed by atoms with E-state index in [4.69, 9.17) is 5.26 Å². The number of nitrogens with zero attached hydrogens (tertiary/aromatic N) is 1. The van der Waals surface area contributed by atoms with E-state index in [2.05, 4.69) is 10.1 Å². The minimum absolute atomic E-state index is 0.0622. The van der Waals surface area contributed by atoms with E-state index < -0.39 is 12.8 Å². The first kappa shape index (κ1) is 16.9. The summed E-state index contributed by atoms with van der Waals surface area (Å²) in [5.74, 6) is -0.157. The lowest BCUT2D eigenvalue weighted by Crippen LogP contribution is -2.19. The maximum absolute atomic E-state index is 12.2. The highest BCUT2D eigenvalue weighted by Gasteiger charge is 2.28. The molecule has 23 heavy (non-hydrogen) atoms. The van der Waals surface area contributed by atoms with Gasteiger partial charge in [0.2, 0.25) is 5.91 Å². The number of alkyl halides is 3. The number of allylic oxidation sites excluding steroid dienone is 2. The Kier molecular flexibility index (Phi) is 5.27. The highest BCUT2D eigenvalue weighted by molar-refractivity contribution is 5.91. The van der Waals surface area contributed by atoms with Crippen molar-refractivity contribution in [2.75, 3.05) is 11.9 Å². The van der Waals surface area contributed by atoms with Crippen LogP contribution in [0.4, 0.5) is 18.9 Å². The fourth-order valence-corrected chi connectivity index (χ4v) is 2.30. The van der Waals surface area contributed by atoms with E-state index in [-0.39, 0.29) is 23.1 Å². The van der Waals surface area contributed by atoms with Gasteiger partial charge >= 0.3 is 6.18 Å². The van der Waals surface area contributed by atoms with Crippen LogP contribution in [0, 0.1) is 17.2 Å². The standard InChI is InChI=1S/C16H15F3N2O2/c17-16(18,19)10-23-14-6-5-13(8-12(14)9-20)21-15(22)7-11-3-1-2-4-11/h1,3,5-6,8,11H,2,4,7,10H2,(H,21,22)/t11-/m0/s1. The molecular weight excluding hydrogens is 309 g/mol. The van der Waals surface area contributed by atoms with Crippen LogP contribution in [0.25, 0.3) is 0 Å². The van der Waals surface area contributed by atoms with Crippen molar-refractivity contribution in [1.82, 2.24) is 0 Å². The number of benzene rings is 1. The Morgan fingerprint density at radius 1 is 1.43 bits per heavy atom. The van der Waals surface area contributed by atoms with Gasteiger partial charge in [0.15, 0.2) is 6.61 Å². The van der Waals surface area contributed by atoms with Gasteiger partial charge in [-0.05, 0) is 37.0 Å². The maximum atomic E-state index is 12.2. The lowest BCUT2D eigenvalue weighted by molar-refractivity contribution is -0.153. The molecule has 0 unspecified atom stereocenters. The summed E-state index contributed by atoms with van der Waals surface area (Å²) < 4.78 is 41.0. The zero-order valence-electron chi connectivity index (χ0n) is 12.2. The number of amides is 1. The third kappa shape index (κ3) is 5.33. The molecule has 0 bridgehead atoms. The predicted octanol–water partition coefficient (Wildman–Crippen LogP) is 3.79. The summed E-state index contributed by atoms with van der Waals surface area (Å²) in [4.78, 5) is 11.9. The molecule has 0 saturated heterocycles. The first-order valence-electron chi connectivity index (χ1n) is 7.07. The molecule has 0 fully saturated rings. The van der Waals surface area contributed by atoms with E-state index in [9.17, 15) is 18.0 Å². The van der Waals surface area contributed by atoms with Crippen LogP contribution < -0.4 is 10.1 Å². The number of carbonyl (C=O) groups is 1. The normalized spacial score (nSPS) is 16.9. The molecule has 2 rings (SSSR count). The Morgan fingerprint density at radius 2 is 2.22 bits per heavy atom. The minimum Gasteiger partial charge on any atom is -0.483 e. The van der Waals surface area contributed by atoms with Crippen molar-refractivity contribution < 1.29 is 22.7 Å². The molecule has 1 aliphatic rings. The number of hydrogen-bond donors (Lipinski definition) is 1. The lowest BCUT2D eigenvalue weighted by atomic mass is 10.0. The minimum atomic E-state index is -4.48. The second-order valence-electron chi connectivity index (χ2n) is 5.24. The molecule has 0 spiro atoms. The molecule has 0 aliphatic heterocycles. The second-order valence-corrected chi connectivity index (χ2v) is 5.24. The van der Waals surface area contributed by atoms with Crippen molar-refractivity contribution in [2.24, 2.45) is 5.92 Å². The van der Waals surface area contributed by atoms with E-state index in [1.807, 2.05) is 12.2 Å². The molecular formula is C16H15F3N2O2. The smallest absolute Gasteiger partial charge is 0.422 e. The average molecular weight is 324 g/mol. The molecule has 0 aromatic heterocycles. The lowest BCUT2D eigenvalue weighted by Gasteiger charge is -2.12. The van der Waals surface area contributed by atoms with Crippen LogP contribution in [-0.4, -0.2) is 18.7 Å². The first-order valence-corrected chi connectivity index (χ1v) is 7.07. The van der Waals surface area contributed by atoms with Crippen LogP contribution in [0.1, 0.15) is 24.8 Å². The van der Waals surface area contributed by atoms with Crippen molar-refractivity contribution in [1.29, 1.82) is 5.26 Å². The van der Waals surface area contributed by atoms with Crippen molar-refractivity contribution in [3.8, 4) is 11.8 Å². The SMILES string of the molecule is N#Cc1cc(NC(=O)C[C@H]2C=CCC2)ccc1OCC(F)(F)F. The summed E-state index contributed by atoms with van der Waals surface area (Å²) >= 11 is 0. The topological polar surface area (TPSA) is 62.1 Å². The molecule has 1 N–H and O–H groups in total. The monoisotopic (exact) mass is 324 g/mol. The molecule has 0 radical (unpaired) electrons. The summed E-state index contributed by atoms with van der Waals surface area (Å²) in [5.41, 5.74) is 0.292. The number of hydrogen-bond acceptors (Lipinski definition) is 3. The fourth-order valence-electron chi connectivity index (χ4n) is 2.30. The van der Waals surface area contributed by atoms with Gasteiger partial charge in [-0.25, -0.2) is 0 Å². The zero-order valence-corrected chi connectivity index (χ0v) is 12.2. The van der Waals surface area contributed by atoms with Gasteiger partial charge in [0.25, 0.3) is 0 Å². The van der Waals surface area contributed by atoms with Gasteiger partial charge in [0, 0.05) is 12.1 Å². The van der Waals surface area contributed by atoms with Crippen LogP contribution >= 0.6 is 0 Å². The van der Waals surface area contributed by atoms with Crippen molar-refractivity contribution in [2.45, 2.75) is 25.4 Å². The quantitative estimate of drug-likeness (QED) is 0.838. The van der Waals surface area contributed by atoms with Crippen LogP contribution in [0.3, 0.4) is 0 Å². The number of carbonyl (C=O) groups excluding carboxylic acids is 1. The van der Waals surface area contributed by atoms with Crippen molar-refractivity contribution >= 4 is 11.6 Å². The van der Waals surface area contributed by atoms with Gasteiger partial charge < -0.3 is 10.1 Å². The second kappa shape index (κ2) is 7.18. The summed E-state index contributed by atoms with van der Waals surface area (Å²) in [6.45, 7) is -1.47. The van der Waals surface area contributed by atoms with Gasteiger partial charge in [-0.3, -0.25) is 4.79 Å². The molecule has 1 aromatic carbocycles. The number of anilines is 1. The summed E-state index contributed by atoms with van der Waals surface area (Å²) in [5, 5.41) is 11.6. The summed E-state index contributed by atoms with van der Waals surface area (Å²) in [6.07, 6.45) is 1.77.